The summed E-state index contributed by atoms with van der Waals surface area (Å²) in [6, 6.07) is 0. The minimum absolute atomic E-state index is 0.118. The molecule has 0 saturated heterocycles. The van der Waals surface area contributed by atoms with Crippen LogP contribution in [0.4, 0.5) is 5.69 Å². The number of aryl methyl sites for hydroxylation is 1. The predicted octanol–water partition coefficient (Wildman–Crippen LogP) is 0.783. The van der Waals surface area contributed by atoms with Crippen molar-refractivity contribution in [3.05, 3.63) is 37.8 Å². The van der Waals surface area contributed by atoms with E-state index in [1.54, 1.807) is 6.92 Å². The molecule has 1 aromatic rings. The molecule has 0 aromatic carbocycles. The number of nitro groups is 1. The number of aromatic carboxylic acids is 1. The van der Waals surface area contributed by atoms with Gasteiger partial charge >= 0.3 is 5.97 Å². The van der Waals surface area contributed by atoms with Crippen LogP contribution in [0.2, 0.25) is 0 Å². The highest BCUT2D eigenvalue weighted by Crippen LogP contribution is 2.18. The zero-order valence-electron chi connectivity index (χ0n) is 8.76. The van der Waals surface area contributed by atoms with Gasteiger partial charge in [-0.2, -0.15) is 0 Å². The molecule has 0 radical (unpaired) electrons. The Morgan fingerprint density at radius 2 is 2.19 bits per heavy atom. The Morgan fingerprint density at radius 1 is 1.62 bits per heavy atom. The largest absolute Gasteiger partial charge is 0.477 e. The van der Waals surface area contributed by atoms with Gasteiger partial charge in [0.15, 0.2) is 0 Å². The second-order valence-electron chi connectivity index (χ2n) is 3.17. The van der Waals surface area contributed by atoms with Gasteiger partial charge in [-0.15, -0.1) is 0 Å². The Labute approximate surface area is 90.1 Å². The Hall–Kier alpha value is -2.18. The Balaban J connectivity index is 3.72. The van der Waals surface area contributed by atoms with Crippen LogP contribution in [-0.2, 0) is 6.54 Å². The van der Waals surface area contributed by atoms with E-state index < -0.39 is 22.0 Å². The molecule has 86 valence electrons. The third-order valence-corrected chi connectivity index (χ3v) is 2.26. The Bertz CT molecular complexity index is 517. The summed E-state index contributed by atoms with van der Waals surface area (Å²) in [5.41, 5.74) is -1.75. The first-order valence-corrected chi connectivity index (χ1v) is 4.51. The molecule has 0 bridgehead atoms. The minimum Gasteiger partial charge on any atom is -0.477 e. The molecular weight excluding hydrogens is 216 g/mol. The normalized spacial score (nSPS) is 10.1. The van der Waals surface area contributed by atoms with Crippen LogP contribution in [-0.4, -0.2) is 20.6 Å². The Kier molecular flexibility index (Phi) is 3.07. The molecule has 7 heteroatoms. The van der Waals surface area contributed by atoms with Gasteiger partial charge in [0, 0.05) is 12.1 Å². The van der Waals surface area contributed by atoms with Crippen molar-refractivity contribution in [3.8, 4) is 0 Å². The molecular formula is C9H10N2O5. The molecule has 0 atom stereocenters. The number of rotatable bonds is 3. The maximum Gasteiger partial charge on any atom is 0.341 e. The molecule has 0 saturated carbocycles. The second-order valence-corrected chi connectivity index (χ2v) is 3.17. The molecule has 0 aliphatic heterocycles. The first-order chi connectivity index (χ1) is 7.40. The van der Waals surface area contributed by atoms with E-state index in [4.69, 9.17) is 5.11 Å². The van der Waals surface area contributed by atoms with Gasteiger partial charge in [0.05, 0.1) is 11.1 Å². The maximum atomic E-state index is 11.6. The number of aromatic nitrogens is 1. The standard InChI is InChI=1S/C9H10N2O5/c1-3-10-4-6(11(15)16)5(2)7(8(10)12)9(13)14/h4H,3H2,1-2H3,(H,13,14). The van der Waals surface area contributed by atoms with Gasteiger partial charge in [-0.25, -0.2) is 4.79 Å². The van der Waals surface area contributed by atoms with Crippen molar-refractivity contribution in [1.82, 2.24) is 4.57 Å². The Morgan fingerprint density at radius 3 is 2.56 bits per heavy atom. The van der Waals surface area contributed by atoms with E-state index in [1.165, 1.54) is 6.92 Å². The number of nitrogens with zero attached hydrogens (tertiary/aromatic N) is 2. The summed E-state index contributed by atoms with van der Waals surface area (Å²) in [7, 11) is 0. The zero-order valence-corrected chi connectivity index (χ0v) is 8.76. The van der Waals surface area contributed by atoms with Gasteiger partial charge in [-0.3, -0.25) is 14.9 Å². The summed E-state index contributed by atoms with van der Waals surface area (Å²) in [6.07, 6.45) is 1.06. The van der Waals surface area contributed by atoms with Gasteiger partial charge in [-0.05, 0) is 13.8 Å². The van der Waals surface area contributed by atoms with Crippen molar-refractivity contribution < 1.29 is 14.8 Å². The van der Waals surface area contributed by atoms with E-state index in [1.807, 2.05) is 0 Å². The summed E-state index contributed by atoms with van der Waals surface area (Å²) in [5.74, 6) is -1.45. The van der Waals surface area contributed by atoms with Crippen LogP contribution in [0, 0.1) is 17.0 Å². The van der Waals surface area contributed by atoms with Crippen molar-refractivity contribution >= 4 is 11.7 Å². The molecule has 0 aliphatic rings. The van der Waals surface area contributed by atoms with Crippen LogP contribution in [0.15, 0.2) is 11.0 Å². The average Bonchev–Trinajstić information content (AvgIpc) is 2.16. The molecule has 0 amide bonds. The molecule has 0 aliphatic carbocycles. The average molecular weight is 226 g/mol. The maximum absolute atomic E-state index is 11.6. The van der Waals surface area contributed by atoms with Gasteiger partial charge in [0.2, 0.25) is 0 Å². The smallest absolute Gasteiger partial charge is 0.341 e. The van der Waals surface area contributed by atoms with Crippen molar-refractivity contribution in [2.24, 2.45) is 0 Å². The minimum atomic E-state index is -1.45. The summed E-state index contributed by atoms with van der Waals surface area (Å²) in [4.78, 5) is 32.4. The lowest BCUT2D eigenvalue weighted by Crippen LogP contribution is -2.27. The summed E-state index contributed by atoms with van der Waals surface area (Å²) in [6.45, 7) is 3.04. The number of carbonyl (C=O) groups is 1. The van der Waals surface area contributed by atoms with E-state index in [2.05, 4.69) is 0 Å². The van der Waals surface area contributed by atoms with Gasteiger partial charge in [0.25, 0.3) is 11.2 Å². The highest BCUT2D eigenvalue weighted by atomic mass is 16.6. The highest BCUT2D eigenvalue weighted by molar-refractivity contribution is 5.90. The number of hydrogen-bond donors (Lipinski definition) is 1. The first-order valence-electron chi connectivity index (χ1n) is 4.51. The molecule has 1 heterocycles. The SMILES string of the molecule is CCn1cc([N+](=O)[O-])c(C)c(C(=O)O)c1=O. The van der Waals surface area contributed by atoms with E-state index in [0.29, 0.717) is 0 Å². The third kappa shape index (κ3) is 1.79. The number of pyridine rings is 1. The van der Waals surface area contributed by atoms with Gasteiger partial charge in [-0.1, -0.05) is 0 Å². The first kappa shape index (κ1) is 11.9. The van der Waals surface area contributed by atoms with Crippen LogP contribution >= 0.6 is 0 Å². The van der Waals surface area contributed by atoms with E-state index in [0.717, 1.165) is 10.8 Å². The lowest BCUT2D eigenvalue weighted by molar-refractivity contribution is -0.386. The highest BCUT2D eigenvalue weighted by Gasteiger charge is 2.23. The molecule has 1 aromatic heterocycles. The number of hydrogen-bond acceptors (Lipinski definition) is 4. The summed E-state index contributed by atoms with van der Waals surface area (Å²) < 4.78 is 1.01. The molecule has 0 fully saturated rings. The van der Waals surface area contributed by atoms with Crippen LogP contribution in [0.3, 0.4) is 0 Å². The van der Waals surface area contributed by atoms with Crippen LogP contribution in [0.1, 0.15) is 22.8 Å². The fourth-order valence-corrected chi connectivity index (χ4v) is 1.41. The van der Waals surface area contributed by atoms with Crippen LogP contribution in [0.25, 0.3) is 0 Å². The molecule has 0 spiro atoms. The van der Waals surface area contributed by atoms with Crippen molar-refractivity contribution in [1.29, 1.82) is 0 Å². The number of carboxylic acid groups (broad SMARTS) is 1. The monoisotopic (exact) mass is 226 g/mol. The molecule has 1 rings (SSSR count). The van der Waals surface area contributed by atoms with Crippen LogP contribution < -0.4 is 5.56 Å². The van der Waals surface area contributed by atoms with E-state index in [9.17, 15) is 19.7 Å². The molecule has 7 nitrogen and oxygen atoms in total. The van der Waals surface area contributed by atoms with E-state index >= 15 is 0 Å². The molecule has 16 heavy (non-hydrogen) atoms. The molecule has 0 unspecified atom stereocenters. The fraction of sp³-hybridized carbons (Fsp3) is 0.333. The van der Waals surface area contributed by atoms with Gasteiger partial charge in [0.1, 0.15) is 5.56 Å². The zero-order chi connectivity index (χ0) is 12.5. The van der Waals surface area contributed by atoms with Crippen molar-refractivity contribution in [2.45, 2.75) is 20.4 Å². The van der Waals surface area contributed by atoms with Crippen molar-refractivity contribution in [2.75, 3.05) is 0 Å². The third-order valence-electron chi connectivity index (χ3n) is 2.26. The summed E-state index contributed by atoms with van der Waals surface area (Å²) >= 11 is 0. The quantitative estimate of drug-likeness (QED) is 0.606. The lowest BCUT2D eigenvalue weighted by Gasteiger charge is -2.06. The van der Waals surface area contributed by atoms with Gasteiger partial charge < -0.3 is 9.67 Å². The topological polar surface area (TPSA) is 102 Å². The fourth-order valence-electron chi connectivity index (χ4n) is 1.41. The van der Waals surface area contributed by atoms with Crippen molar-refractivity contribution in [3.63, 3.8) is 0 Å². The lowest BCUT2D eigenvalue weighted by atomic mass is 10.1. The van der Waals surface area contributed by atoms with Crippen LogP contribution in [0.5, 0.6) is 0 Å². The predicted molar refractivity (Wildman–Crippen MR) is 54.7 cm³/mol. The summed E-state index contributed by atoms with van der Waals surface area (Å²) in [5, 5.41) is 19.5. The van der Waals surface area contributed by atoms with E-state index in [-0.39, 0.29) is 17.8 Å². The second kappa shape index (κ2) is 4.13. The molecule has 1 N–H and O–H groups in total. The number of carboxylic acids is 1.